The van der Waals surface area contributed by atoms with Gasteiger partial charge in [-0.15, -0.1) is 0 Å². The van der Waals surface area contributed by atoms with Crippen molar-refractivity contribution in [1.29, 1.82) is 0 Å². The van der Waals surface area contributed by atoms with Crippen molar-refractivity contribution < 1.29 is 24.9 Å². The Labute approximate surface area is 148 Å². The second-order valence-corrected chi connectivity index (χ2v) is 3.16. The van der Waals surface area contributed by atoms with Crippen LogP contribution in [0.2, 0.25) is 0 Å². The molecule has 0 aliphatic heterocycles. The van der Waals surface area contributed by atoms with E-state index >= 15 is 0 Å². The fourth-order valence-corrected chi connectivity index (χ4v) is 1.25. The fraction of sp³-hybridized carbons (Fsp3) is 0.200. The van der Waals surface area contributed by atoms with Crippen LogP contribution in [-0.2, 0) is 9.59 Å². The number of anilines is 1. The summed E-state index contributed by atoms with van der Waals surface area (Å²) in [5.41, 5.74) is 0.352. The topological polar surface area (TPSA) is 98.1 Å². The van der Waals surface area contributed by atoms with Crippen molar-refractivity contribution in [3.05, 3.63) is 24.3 Å². The molecule has 0 aromatic heterocycles. The van der Waals surface area contributed by atoms with Gasteiger partial charge in [0.1, 0.15) is 18.8 Å². The summed E-state index contributed by atoms with van der Waals surface area (Å²) in [6, 6.07) is 5.78. The van der Waals surface area contributed by atoms with E-state index in [1.165, 1.54) is 24.3 Å². The summed E-state index contributed by atoms with van der Waals surface area (Å²) < 4.78 is 0. The summed E-state index contributed by atoms with van der Waals surface area (Å²) >= 11 is 0. The molecular weight excluding hydrogens is 260 g/mol. The predicted octanol–water partition coefficient (Wildman–Crippen LogP) is -0.394. The molecule has 1 rings (SSSR count). The largest absolute Gasteiger partial charge is 0.508 e. The van der Waals surface area contributed by atoms with Crippen LogP contribution in [0.3, 0.4) is 0 Å². The number of phenols is 1. The van der Waals surface area contributed by atoms with E-state index in [2.05, 4.69) is 0 Å². The number of hydrogen-bond acceptors (Lipinski definition) is 4. The molecule has 0 bridgehead atoms. The van der Waals surface area contributed by atoms with Crippen molar-refractivity contribution in [3.8, 4) is 5.75 Å². The van der Waals surface area contributed by atoms with Crippen molar-refractivity contribution in [3.63, 3.8) is 0 Å². The molecular formula is C10H11NNa2O5. The predicted molar refractivity (Wildman–Crippen MR) is 67.1 cm³/mol. The Balaban J connectivity index is 0. The molecule has 0 unspecified atom stereocenters. The first-order chi connectivity index (χ1) is 7.49. The first kappa shape index (κ1) is 20.1. The number of aromatic hydroxyl groups is 1. The molecule has 3 N–H and O–H groups in total. The Hall–Kier alpha value is -0.240. The molecule has 2 radical (unpaired) electrons. The molecule has 0 aliphatic carbocycles. The van der Waals surface area contributed by atoms with Gasteiger partial charge < -0.3 is 20.2 Å². The van der Waals surface area contributed by atoms with Crippen molar-refractivity contribution >= 4 is 76.7 Å². The maximum Gasteiger partial charge on any atom is 0.323 e. The molecule has 1 aromatic rings. The van der Waals surface area contributed by atoms with Crippen LogP contribution in [0.15, 0.2) is 24.3 Å². The van der Waals surface area contributed by atoms with Crippen LogP contribution in [0.5, 0.6) is 5.75 Å². The number of carboxylic acids is 2. The number of benzene rings is 1. The van der Waals surface area contributed by atoms with E-state index in [0.717, 1.165) is 4.90 Å². The average molecular weight is 271 g/mol. The van der Waals surface area contributed by atoms with E-state index in [1.807, 2.05) is 0 Å². The molecule has 0 saturated heterocycles. The van der Waals surface area contributed by atoms with Gasteiger partial charge in [0.05, 0.1) is 0 Å². The zero-order valence-corrected chi connectivity index (χ0v) is 14.3. The SMILES string of the molecule is O=C(O)CN(CC(=O)O)c1cccc(O)c1.[Na].[Na]. The third kappa shape index (κ3) is 7.25. The van der Waals surface area contributed by atoms with Crippen molar-refractivity contribution in [2.75, 3.05) is 18.0 Å². The van der Waals surface area contributed by atoms with Gasteiger partial charge in [-0.25, -0.2) is 0 Å². The monoisotopic (exact) mass is 271 g/mol. The smallest absolute Gasteiger partial charge is 0.323 e. The maximum absolute atomic E-state index is 10.6. The van der Waals surface area contributed by atoms with Gasteiger partial charge in [0.2, 0.25) is 0 Å². The summed E-state index contributed by atoms with van der Waals surface area (Å²) in [7, 11) is 0. The number of carbonyl (C=O) groups is 2. The van der Waals surface area contributed by atoms with E-state index in [1.54, 1.807) is 0 Å². The molecule has 0 spiro atoms. The number of carboxylic acid groups (broad SMARTS) is 2. The van der Waals surface area contributed by atoms with Crippen molar-refractivity contribution in [2.45, 2.75) is 0 Å². The van der Waals surface area contributed by atoms with Gasteiger partial charge >= 0.3 is 11.9 Å². The summed E-state index contributed by atoms with van der Waals surface area (Å²) in [6.07, 6.45) is 0. The van der Waals surface area contributed by atoms with Gasteiger partial charge in [-0.1, -0.05) is 6.07 Å². The molecule has 0 fully saturated rings. The van der Waals surface area contributed by atoms with Gasteiger partial charge in [0.25, 0.3) is 0 Å². The molecule has 6 nitrogen and oxygen atoms in total. The second kappa shape index (κ2) is 9.66. The normalized spacial score (nSPS) is 8.67. The standard InChI is InChI=1S/C10H11NO5.2Na/c12-8-3-1-2-7(4-8)11(5-9(13)14)6-10(15)16;;/h1-4,12H,5-6H2,(H,13,14)(H,15,16);;. The van der Waals surface area contributed by atoms with E-state index in [9.17, 15) is 14.7 Å². The number of nitrogens with zero attached hydrogens (tertiary/aromatic N) is 1. The van der Waals surface area contributed by atoms with Gasteiger partial charge in [-0.2, -0.15) is 0 Å². The average Bonchev–Trinajstić information content (AvgIpc) is 2.15. The summed E-state index contributed by atoms with van der Waals surface area (Å²) in [4.78, 5) is 22.2. The summed E-state index contributed by atoms with van der Waals surface area (Å²) in [5, 5.41) is 26.5. The minimum absolute atomic E-state index is 0. The molecule has 88 valence electrons. The van der Waals surface area contributed by atoms with Gasteiger partial charge in [-0.3, -0.25) is 9.59 Å². The quantitative estimate of drug-likeness (QED) is 0.631. The Bertz CT molecular complexity index is 397. The summed E-state index contributed by atoms with van der Waals surface area (Å²) in [6.45, 7) is -0.870. The van der Waals surface area contributed by atoms with Crippen molar-refractivity contribution in [1.82, 2.24) is 0 Å². The van der Waals surface area contributed by atoms with Crippen LogP contribution in [0.1, 0.15) is 0 Å². The Morgan fingerprint density at radius 3 is 1.94 bits per heavy atom. The van der Waals surface area contributed by atoms with Crippen LogP contribution in [0.25, 0.3) is 0 Å². The molecule has 0 atom stereocenters. The molecule has 0 saturated carbocycles. The van der Waals surface area contributed by atoms with Crippen LogP contribution in [-0.4, -0.2) is 99.5 Å². The minimum Gasteiger partial charge on any atom is -0.508 e. The minimum atomic E-state index is -1.13. The third-order valence-corrected chi connectivity index (χ3v) is 1.85. The van der Waals surface area contributed by atoms with E-state index in [-0.39, 0.29) is 64.9 Å². The van der Waals surface area contributed by atoms with Gasteiger partial charge in [0, 0.05) is 70.9 Å². The second-order valence-electron chi connectivity index (χ2n) is 3.16. The maximum atomic E-state index is 10.6. The molecule has 0 aliphatic rings. The van der Waals surface area contributed by atoms with E-state index in [0.29, 0.717) is 5.69 Å². The molecule has 0 amide bonds. The number of rotatable bonds is 5. The first-order valence-electron chi connectivity index (χ1n) is 4.46. The van der Waals surface area contributed by atoms with Crippen molar-refractivity contribution in [2.24, 2.45) is 0 Å². The van der Waals surface area contributed by atoms with Crippen LogP contribution < -0.4 is 4.90 Å². The van der Waals surface area contributed by atoms with Crippen LogP contribution in [0.4, 0.5) is 5.69 Å². The molecule has 8 heteroatoms. The Kier molecular flexibility index (Phi) is 10.8. The fourth-order valence-electron chi connectivity index (χ4n) is 1.25. The first-order valence-corrected chi connectivity index (χ1v) is 4.46. The molecule has 0 heterocycles. The Morgan fingerprint density at radius 2 is 1.56 bits per heavy atom. The Morgan fingerprint density at radius 1 is 1.06 bits per heavy atom. The number of aliphatic carboxylic acids is 2. The molecule has 18 heavy (non-hydrogen) atoms. The van der Waals surface area contributed by atoms with Gasteiger partial charge in [-0.05, 0) is 12.1 Å². The van der Waals surface area contributed by atoms with Gasteiger partial charge in [0.15, 0.2) is 0 Å². The van der Waals surface area contributed by atoms with Crippen LogP contribution >= 0.6 is 0 Å². The van der Waals surface area contributed by atoms with E-state index in [4.69, 9.17) is 10.2 Å². The number of hydrogen-bond donors (Lipinski definition) is 3. The van der Waals surface area contributed by atoms with Crippen LogP contribution in [0, 0.1) is 0 Å². The van der Waals surface area contributed by atoms with E-state index < -0.39 is 25.0 Å². The number of phenolic OH excluding ortho intramolecular Hbond substituents is 1. The molecule has 1 aromatic carbocycles. The zero-order valence-electron chi connectivity index (χ0n) is 10.3. The zero-order chi connectivity index (χ0) is 12.1. The summed E-state index contributed by atoms with van der Waals surface area (Å²) in [5.74, 6) is -2.31. The third-order valence-electron chi connectivity index (χ3n) is 1.85.